The summed E-state index contributed by atoms with van der Waals surface area (Å²) in [5.41, 5.74) is 1.96. The highest BCUT2D eigenvalue weighted by Gasteiger charge is 2.15. The zero-order chi connectivity index (χ0) is 18.2. The average Bonchev–Trinajstić information content (AvgIpc) is 2.61. The van der Waals surface area contributed by atoms with Gasteiger partial charge in [-0.15, -0.1) is 0 Å². The number of benzene rings is 1. The molecule has 0 aliphatic carbocycles. The Balaban J connectivity index is 2.06. The molecule has 2 rings (SSSR count). The van der Waals surface area contributed by atoms with Crippen LogP contribution in [0.25, 0.3) is 0 Å². The average molecular weight is 342 g/mol. The molecule has 132 valence electrons. The molecule has 0 unspecified atom stereocenters. The summed E-state index contributed by atoms with van der Waals surface area (Å²) in [6.45, 7) is 6.50. The van der Waals surface area contributed by atoms with Crippen molar-refractivity contribution in [1.82, 2.24) is 10.3 Å². The van der Waals surface area contributed by atoms with E-state index in [0.29, 0.717) is 31.0 Å². The van der Waals surface area contributed by atoms with Gasteiger partial charge in [-0.2, -0.15) is 0 Å². The molecule has 1 amide bonds. The lowest BCUT2D eigenvalue weighted by Crippen LogP contribution is -2.24. The molecule has 0 spiro atoms. The molecule has 0 saturated heterocycles. The molecule has 1 heterocycles. The second kappa shape index (κ2) is 8.82. The number of aromatic nitrogens is 1. The smallest absolute Gasteiger partial charge is 0.339 e. The number of ether oxygens (including phenoxy) is 2. The second-order valence-electron chi connectivity index (χ2n) is 5.27. The monoisotopic (exact) mass is 342 g/mol. The summed E-state index contributed by atoms with van der Waals surface area (Å²) < 4.78 is 10.5. The molecule has 6 nitrogen and oxygen atoms in total. The zero-order valence-electron chi connectivity index (χ0n) is 14.7. The van der Waals surface area contributed by atoms with Crippen molar-refractivity contribution in [2.45, 2.75) is 27.3 Å². The maximum atomic E-state index is 12.3. The number of hydrogen-bond acceptors (Lipinski definition) is 5. The molecule has 25 heavy (non-hydrogen) atoms. The minimum absolute atomic E-state index is 0.249. The number of rotatable bonds is 7. The molecule has 0 aliphatic rings. The third-order valence-electron chi connectivity index (χ3n) is 3.53. The number of pyridine rings is 1. The van der Waals surface area contributed by atoms with Gasteiger partial charge in [0.25, 0.3) is 5.91 Å². The van der Waals surface area contributed by atoms with E-state index in [1.165, 1.54) is 6.07 Å². The van der Waals surface area contributed by atoms with Crippen LogP contribution in [0.3, 0.4) is 0 Å². The first-order chi connectivity index (χ1) is 12.1. The standard InChI is InChI=1S/C19H22N2O4/c1-4-24-17-9-7-6-8-14(17)12-20-18(22)16-11-10-15(13(3)21-16)19(23)25-5-2/h6-11H,4-5,12H2,1-3H3,(H,20,22). The van der Waals surface area contributed by atoms with Crippen LogP contribution in [0.4, 0.5) is 0 Å². The Morgan fingerprint density at radius 1 is 1.08 bits per heavy atom. The van der Waals surface area contributed by atoms with Gasteiger partial charge >= 0.3 is 5.97 Å². The summed E-state index contributed by atoms with van der Waals surface area (Å²) in [5.74, 6) is -0.0120. The molecule has 6 heteroatoms. The number of carbonyl (C=O) groups is 2. The van der Waals surface area contributed by atoms with E-state index < -0.39 is 5.97 Å². The minimum atomic E-state index is -0.440. The van der Waals surface area contributed by atoms with Crippen LogP contribution in [0.1, 0.15) is 46.0 Å². The summed E-state index contributed by atoms with van der Waals surface area (Å²) in [4.78, 5) is 28.3. The molecule has 0 fully saturated rings. The molecule has 2 aromatic rings. The fourth-order valence-electron chi connectivity index (χ4n) is 2.32. The maximum Gasteiger partial charge on any atom is 0.339 e. The molecule has 1 N–H and O–H groups in total. The quantitative estimate of drug-likeness (QED) is 0.783. The van der Waals surface area contributed by atoms with E-state index in [1.54, 1.807) is 19.9 Å². The van der Waals surface area contributed by atoms with Crippen LogP contribution in [0.5, 0.6) is 5.75 Å². The lowest BCUT2D eigenvalue weighted by Gasteiger charge is -2.11. The lowest BCUT2D eigenvalue weighted by atomic mass is 10.1. The lowest BCUT2D eigenvalue weighted by molar-refractivity contribution is 0.0524. The fourth-order valence-corrected chi connectivity index (χ4v) is 2.32. The minimum Gasteiger partial charge on any atom is -0.494 e. The Morgan fingerprint density at radius 2 is 1.84 bits per heavy atom. The Labute approximate surface area is 147 Å². The third kappa shape index (κ3) is 4.79. The van der Waals surface area contributed by atoms with Crippen molar-refractivity contribution in [2.24, 2.45) is 0 Å². The van der Waals surface area contributed by atoms with Gasteiger partial charge in [0.05, 0.1) is 24.5 Å². The van der Waals surface area contributed by atoms with Gasteiger partial charge < -0.3 is 14.8 Å². The van der Waals surface area contributed by atoms with Crippen LogP contribution in [0, 0.1) is 6.92 Å². The molecular weight excluding hydrogens is 320 g/mol. The number of nitrogens with zero attached hydrogens (tertiary/aromatic N) is 1. The molecule has 0 atom stereocenters. The predicted molar refractivity (Wildman–Crippen MR) is 93.7 cm³/mol. The first-order valence-electron chi connectivity index (χ1n) is 8.20. The van der Waals surface area contributed by atoms with Gasteiger partial charge in [-0.05, 0) is 39.0 Å². The highest BCUT2D eigenvalue weighted by atomic mass is 16.5. The number of aryl methyl sites for hydroxylation is 1. The van der Waals surface area contributed by atoms with Crippen molar-refractivity contribution in [2.75, 3.05) is 13.2 Å². The number of nitrogens with one attached hydrogen (secondary N) is 1. The summed E-state index contributed by atoms with van der Waals surface area (Å²) >= 11 is 0. The van der Waals surface area contributed by atoms with E-state index in [0.717, 1.165) is 11.3 Å². The molecule has 0 saturated carbocycles. The largest absolute Gasteiger partial charge is 0.494 e. The normalized spacial score (nSPS) is 10.2. The van der Waals surface area contributed by atoms with Crippen LogP contribution in [0.15, 0.2) is 36.4 Å². The highest BCUT2D eigenvalue weighted by Crippen LogP contribution is 2.17. The first-order valence-corrected chi connectivity index (χ1v) is 8.20. The van der Waals surface area contributed by atoms with Gasteiger partial charge in [-0.25, -0.2) is 9.78 Å². The first kappa shape index (κ1) is 18.4. The molecule has 0 bridgehead atoms. The summed E-state index contributed by atoms with van der Waals surface area (Å²) in [5, 5.41) is 2.82. The fraction of sp³-hybridized carbons (Fsp3) is 0.316. The highest BCUT2D eigenvalue weighted by molar-refractivity contribution is 5.95. The van der Waals surface area contributed by atoms with E-state index in [4.69, 9.17) is 9.47 Å². The van der Waals surface area contributed by atoms with Gasteiger partial charge in [-0.3, -0.25) is 4.79 Å². The zero-order valence-corrected chi connectivity index (χ0v) is 14.7. The Kier molecular flexibility index (Phi) is 6.51. The predicted octanol–water partition coefficient (Wildman–Crippen LogP) is 2.90. The number of esters is 1. The molecule has 1 aromatic heterocycles. The van der Waals surface area contributed by atoms with Gasteiger partial charge in [0, 0.05) is 12.1 Å². The molecule has 0 aliphatic heterocycles. The number of hydrogen-bond donors (Lipinski definition) is 1. The SMILES string of the molecule is CCOC(=O)c1ccc(C(=O)NCc2ccccc2OCC)nc1C. The number of amides is 1. The Morgan fingerprint density at radius 3 is 2.52 bits per heavy atom. The van der Waals surface area contributed by atoms with E-state index in [2.05, 4.69) is 10.3 Å². The van der Waals surface area contributed by atoms with Crippen LogP contribution >= 0.6 is 0 Å². The van der Waals surface area contributed by atoms with Crippen molar-refractivity contribution in [3.05, 3.63) is 58.9 Å². The topological polar surface area (TPSA) is 77.5 Å². The van der Waals surface area contributed by atoms with Crippen molar-refractivity contribution >= 4 is 11.9 Å². The summed E-state index contributed by atoms with van der Waals surface area (Å²) in [7, 11) is 0. The van der Waals surface area contributed by atoms with Crippen molar-refractivity contribution in [1.29, 1.82) is 0 Å². The maximum absolute atomic E-state index is 12.3. The van der Waals surface area contributed by atoms with Gasteiger partial charge in [-0.1, -0.05) is 18.2 Å². The number of carbonyl (C=O) groups excluding carboxylic acids is 2. The Hall–Kier alpha value is -2.89. The van der Waals surface area contributed by atoms with Crippen molar-refractivity contribution in [3.63, 3.8) is 0 Å². The summed E-state index contributed by atoms with van der Waals surface area (Å²) in [6, 6.07) is 10.6. The van der Waals surface area contributed by atoms with Crippen LogP contribution < -0.4 is 10.1 Å². The van der Waals surface area contributed by atoms with Crippen molar-refractivity contribution < 1.29 is 19.1 Å². The van der Waals surface area contributed by atoms with E-state index in [9.17, 15) is 9.59 Å². The van der Waals surface area contributed by atoms with E-state index in [1.807, 2.05) is 31.2 Å². The molecule has 1 aromatic carbocycles. The van der Waals surface area contributed by atoms with Gasteiger partial charge in [0.1, 0.15) is 11.4 Å². The van der Waals surface area contributed by atoms with E-state index >= 15 is 0 Å². The van der Waals surface area contributed by atoms with Crippen LogP contribution in [-0.2, 0) is 11.3 Å². The van der Waals surface area contributed by atoms with Crippen molar-refractivity contribution in [3.8, 4) is 5.75 Å². The van der Waals surface area contributed by atoms with Crippen LogP contribution in [-0.4, -0.2) is 30.1 Å². The number of para-hydroxylation sites is 1. The summed E-state index contributed by atoms with van der Waals surface area (Å²) in [6.07, 6.45) is 0. The van der Waals surface area contributed by atoms with Crippen LogP contribution in [0.2, 0.25) is 0 Å². The van der Waals surface area contributed by atoms with Gasteiger partial charge in [0.15, 0.2) is 0 Å². The third-order valence-corrected chi connectivity index (χ3v) is 3.53. The van der Waals surface area contributed by atoms with Gasteiger partial charge in [0.2, 0.25) is 0 Å². The second-order valence-corrected chi connectivity index (χ2v) is 5.27. The Bertz CT molecular complexity index is 759. The molecular formula is C19H22N2O4. The molecule has 0 radical (unpaired) electrons. The van der Waals surface area contributed by atoms with E-state index in [-0.39, 0.29) is 11.6 Å².